The molecule has 2 aromatic rings. The van der Waals surface area contributed by atoms with E-state index >= 15 is 0 Å². The van der Waals surface area contributed by atoms with E-state index < -0.39 is 8.80 Å². The van der Waals surface area contributed by atoms with Gasteiger partial charge in [-0.1, -0.05) is 43.4 Å². The highest BCUT2D eigenvalue weighted by molar-refractivity contribution is 6.69. The Hall–Kier alpha value is -1.28. The van der Waals surface area contributed by atoms with Gasteiger partial charge in [-0.15, -0.1) is 0 Å². The monoisotopic (exact) mass is 201 g/mol. The molecule has 2 rings (SSSR count). The molecule has 1 nitrogen and oxygen atoms in total. The van der Waals surface area contributed by atoms with Crippen molar-refractivity contribution >= 4 is 14.2 Å². The van der Waals surface area contributed by atoms with Crippen LogP contribution >= 0.6 is 0 Å². The van der Waals surface area contributed by atoms with E-state index in [-0.39, 0.29) is 0 Å². The summed E-state index contributed by atoms with van der Waals surface area (Å²) < 4.78 is 5.78. The lowest BCUT2D eigenvalue weighted by Gasteiger charge is -1.98. The van der Waals surface area contributed by atoms with Crippen molar-refractivity contribution < 1.29 is 4.42 Å². The van der Waals surface area contributed by atoms with Crippen molar-refractivity contribution in [3.05, 3.63) is 42.5 Å². The van der Waals surface area contributed by atoms with Gasteiger partial charge in [0.05, 0.1) is 5.38 Å². The van der Waals surface area contributed by atoms with Crippen molar-refractivity contribution in [3.8, 4) is 11.3 Å². The van der Waals surface area contributed by atoms with Crippen LogP contribution in [0, 0.1) is 0 Å². The van der Waals surface area contributed by atoms with Crippen LogP contribution in [-0.2, 0) is 0 Å². The first kappa shape index (κ1) is 9.28. The van der Waals surface area contributed by atoms with Crippen LogP contribution in [0.15, 0.2) is 46.9 Å². The molecule has 0 aliphatic carbocycles. The molecule has 1 aromatic carbocycles. The maximum atomic E-state index is 5.78. The molecule has 0 fully saturated rings. The molecule has 71 valence electrons. The summed E-state index contributed by atoms with van der Waals surface area (Å²) in [5, 5.41) is 1.15. The number of furan rings is 1. The van der Waals surface area contributed by atoms with Crippen molar-refractivity contribution in [2.24, 2.45) is 0 Å². The smallest absolute Gasteiger partial charge is 0.133 e. The third kappa shape index (κ3) is 1.80. The molecule has 2 heteroatoms. The van der Waals surface area contributed by atoms with Crippen molar-refractivity contribution in [3.63, 3.8) is 0 Å². The second kappa shape index (κ2) is 3.84. The number of rotatable bonds is 2. The van der Waals surface area contributed by atoms with Gasteiger partial charge in [0.15, 0.2) is 0 Å². The molecule has 0 amide bonds. The molecule has 14 heavy (non-hydrogen) atoms. The van der Waals surface area contributed by atoms with Crippen molar-refractivity contribution in [2.75, 3.05) is 0 Å². The van der Waals surface area contributed by atoms with Gasteiger partial charge in [0, 0.05) is 5.56 Å². The molecule has 1 heterocycles. The van der Waals surface area contributed by atoms with Gasteiger partial charge >= 0.3 is 0 Å². The van der Waals surface area contributed by atoms with E-state index in [1.165, 1.54) is 0 Å². The van der Waals surface area contributed by atoms with E-state index in [2.05, 4.69) is 37.4 Å². The summed E-state index contributed by atoms with van der Waals surface area (Å²) in [6, 6.07) is 14.4. The normalized spacial score (nSPS) is 10.8. The lowest BCUT2D eigenvalue weighted by Crippen LogP contribution is -2.19. The molecule has 0 spiro atoms. The molecule has 0 N–H and O–H groups in total. The average molecular weight is 201 g/mol. The summed E-state index contributed by atoms with van der Waals surface area (Å²) in [5.41, 5.74) is 1.15. The van der Waals surface area contributed by atoms with Crippen molar-refractivity contribution in [1.29, 1.82) is 0 Å². The summed E-state index contributed by atoms with van der Waals surface area (Å²) in [6.07, 6.45) is 0. The van der Waals surface area contributed by atoms with Gasteiger partial charge in [-0.25, -0.2) is 0 Å². The van der Waals surface area contributed by atoms with Crippen LogP contribution in [0.25, 0.3) is 11.3 Å². The van der Waals surface area contributed by atoms with E-state index in [4.69, 9.17) is 4.42 Å². The molecular formula is C12H13OSi. The van der Waals surface area contributed by atoms with Crippen LogP contribution < -0.4 is 5.38 Å². The fourth-order valence-corrected chi connectivity index (χ4v) is 2.09. The zero-order valence-electron chi connectivity index (χ0n) is 8.45. The molecular weight excluding hydrogens is 188 g/mol. The predicted octanol–water partition coefficient (Wildman–Crippen LogP) is 2.91. The van der Waals surface area contributed by atoms with Crippen LogP contribution in [0.3, 0.4) is 0 Å². The summed E-state index contributed by atoms with van der Waals surface area (Å²) >= 11 is 0. The Morgan fingerprint density at radius 3 is 2.21 bits per heavy atom. The lowest BCUT2D eigenvalue weighted by atomic mass is 10.2. The van der Waals surface area contributed by atoms with Crippen LogP contribution in [0.5, 0.6) is 0 Å². The molecule has 0 unspecified atom stereocenters. The van der Waals surface area contributed by atoms with E-state index in [1.807, 2.05) is 18.2 Å². The summed E-state index contributed by atoms with van der Waals surface area (Å²) in [6.45, 7) is 4.47. The highest BCUT2D eigenvalue weighted by Crippen LogP contribution is 2.17. The number of benzene rings is 1. The maximum Gasteiger partial charge on any atom is 0.133 e. The molecule has 0 saturated heterocycles. The highest BCUT2D eigenvalue weighted by atomic mass is 28.3. The van der Waals surface area contributed by atoms with Gasteiger partial charge in [0.1, 0.15) is 14.6 Å². The second-order valence-corrected chi connectivity index (χ2v) is 6.02. The molecule has 1 aromatic heterocycles. The van der Waals surface area contributed by atoms with E-state index in [1.54, 1.807) is 0 Å². The maximum absolute atomic E-state index is 5.78. The van der Waals surface area contributed by atoms with E-state index in [9.17, 15) is 0 Å². The largest absolute Gasteiger partial charge is 0.467 e. The number of hydrogen-bond acceptors (Lipinski definition) is 1. The zero-order valence-corrected chi connectivity index (χ0v) is 9.45. The highest BCUT2D eigenvalue weighted by Gasteiger charge is 2.07. The van der Waals surface area contributed by atoms with Crippen LogP contribution in [0.1, 0.15) is 0 Å². The van der Waals surface area contributed by atoms with Crippen LogP contribution in [0.4, 0.5) is 0 Å². The van der Waals surface area contributed by atoms with Gasteiger partial charge in [0.25, 0.3) is 0 Å². The first-order valence-electron chi connectivity index (χ1n) is 4.73. The fourth-order valence-electron chi connectivity index (χ4n) is 1.36. The molecule has 0 saturated carbocycles. The molecule has 0 aliphatic heterocycles. The summed E-state index contributed by atoms with van der Waals surface area (Å²) in [5.74, 6) is 0.979. The van der Waals surface area contributed by atoms with Gasteiger partial charge in [-0.05, 0) is 12.1 Å². The Kier molecular flexibility index (Phi) is 2.55. The Morgan fingerprint density at radius 2 is 1.64 bits per heavy atom. The first-order chi connectivity index (χ1) is 6.77. The fraction of sp³-hybridized carbons (Fsp3) is 0.167. The third-order valence-electron chi connectivity index (χ3n) is 2.16. The molecule has 0 bridgehead atoms. The SMILES string of the molecule is C[Si](C)c1ccc(-c2ccccc2)o1. The van der Waals surface area contributed by atoms with Gasteiger partial charge in [0.2, 0.25) is 0 Å². The minimum Gasteiger partial charge on any atom is -0.467 e. The standard InChI is InChI=1S/C12H13OSi/c1-14(2)12-9-8-11(13-12)10-6-4-3-5-7-10/h3-9H,1-2H3. The lowest BCUT2D eigenvalue weighted by molar-refractivity contribution is 0.615. The second-order valence-electron chi connectivity index (χ2n) is 3.53. The van der Waals surface area contributed by atoms with Crippen LogP contribution in [-0.4, -0.2) is 8.80 Å². The minimum absolute atomic E-state index is 0.465. The van der Waals surface area contributed by atoms with Gasteiger partial charge in [-0.2, -0.15) is 0 Å². The molecule has 1 radical (unpaired) electrons. The van der Waals surface area contributed by atoms with E-state index in [0.29, 0.717) is 0 Å². The van der Waals surface area contributed by atoms with Crippen LogP contribution in [0.2, 0.25) is 13.1 Å². The minimum atomic E-state index is -0.465. The van der Waals surface area contributed by atoms with Gasteiger partial charge < -0.3 is 4.42 Å². The molecule has 0 atom stereocenters. The Balaban J connectivity index is 2.34. The van der Waals surface area contributed by atoms with Crippen molar-refractivity contribution in [2.45, 2.75) is 13.1 Å². The Morgan fingerprint density at radius 1 is 0.929 bits per heavy atom. The summed E-state index contributed by atoms with van der Waals surface area (Å²) in [4.78, 5) is 0. The van der Waals surface area contributed by atoms with Gasteiger partial charge in [-0.3, -0.25) is 0 Å². The number of hydrogen-bond donors (Lipinski definition) is 0. The quantitative estimate of drug-likeness (QED) is 0.681. The summed E-state index contributed by atoms with van der Waals surface area (Å²) in [7, 11) is -0.465. The topological polar surface area (TPSA) is 13.1 Å². The Labute approximate surface area is 86.0 Å². The first-order valence-corrected chi connectivity index (χ1v) is 7.23. The Bertz CT molecular complexity index is 403. The predicted molar refractivity (Wildman–Crippen MR) is 61.3 cm³/mol. The third-order valence-corrected chi connectivity index (χ3v) is 3.41. The van der Waals surface area contributed by atoms with Crippen molar-refractivity contribution in [1.82, 2.24) is 0 Å². The average Bonchev–Trinajstić information content (AvgIpc) is 2.68. The molecule has 0 aliphatic rings. The van der Waals surface area contributed by atoms with E-state index in [0.717, 1.165) is 16.7 Å². The zero-order chi connectivity index (χ0) is 9.97.